The summed E-state index contributed by atoms with van der Waals surface area (Å²) in [4.78, 5) is 17.1. The van der Waals surface area contributed by atoms with Gasteiger partial charge in [-0.25, -0.2) is 4.99 Å². The molecule has 1 aliphatic rings. The van der Waals surface area contributed by atoms with E-state index >= 15 is 0 Å². The van der Waals surface area contributed by atoms with E-state index < -0.39 is 0 Å². The van der Waals surface area contributed by atoms with Gasteiger partial charge in [0.2, 0.25) is 0 Å². The van der Waals surface area contributed by atoms with Gasteiger partial charge in [-0.1, -0.05) is 17.7 Å². The van der Waals surface area contributed by atoms with Crippen LogP contribution in [0.2, 0.25) is 5.02 Å². The van der Waals surface area contributed by atoms with Gasteiger partial charge in [0.05, 0.1) is 19.5 Å². The molecule has 0 saturated carbocycles. The van der Waals surface area contributed by atoms with Gasteiger partial charge >= 0.3 is 0 Å². The highest BCUT2D eigenvalue weighted by Gasteiger charge is 2.24. The number of nitrogens with one attached hydrogen (secondary N) is 1. The predicted molar refractivity (Wildman–Crippen MR) is 111 cm³/mol. The molecule has 1 saturated heterocycles. The minimum atomic E-state index is -0.220. The third-order valence-corrected chi connectivity index (χ3v) is 5.90. The van der Waals surface area contributed by atoms with Crippen LogP contribution in [0.5, 0.6) is 5.75 Å². The van der Waals surface area contributed by atoms with Crippen LogP contribution in [0.3, 0.4) is 0 Å². The molecule has 0 aromatic heterocycles. The topological polar surface area (TPSA) is 61.7 Å². The van der Waals surface area contributed by atoms with Crippen LogP contribution in [0.4, 0.5) is 5.69 Å². The summed E-state index contributed by atoms with van der Waals surface area (Å²) in [5.41, 5.74) is 2.42. The number of nitrogens with zero attached hydrogens (tertiary/aromatic N) is 1. The molecule has 25 heavy (non-hydrogen) atoms. The molecular weight excluding hydrogens is 492 g/mol. The first-order valence-corrected chi connectivity index (χ1v) is 9.85. The Balaban J connectivity index is 1.87. The van der Waals surface area contributed by atoms with E-state index in [4.69, 9.17) is 11.6 Å². The van der Waals surface area contributed by atoms with Gasteiger partial charge in [-0.05, 0) is 92.0 Å². The average molecular weight is 503 g/mol. The maximum atomic E-state index is 12.2. The summed E-state index contributed by atoms with van der Waals surface area (Å²) in [7, 11) is 0. The fourth-order valence-electron chi connectivity index (χ4n) is 2.07. The van der Waals surface area contributed by atoms with Gasteiger partial charge in [-0.3, -0.25) is 4.79 Å². The smallest absolute Gasteiger partial charge is 0.264 e. The second kappa shape index (κ2) is 7.53. The van der Waals surface area contributed by atoms with E-state index in [1.54, 1.807) is 24.3 Å². The third kappa shape index (κ3) is 4.28. The highest BCUT2D eigenvalue weighted by atomic mass is 79.9. The number of halogens is 3. The maximum absolute atomic E-state index is 12.2. The van der Waals surface area contributed by atoms with E-state index in [-0.39, 0.29) is 11.7 Å². The number of aromatic hydroxyl groups is 1. The van der Waals surface area contributed by atoms with Crippen LogP contribution in [0.25, 0.3) is 6.08 Å². The van der Waals surface area contributed by atoms with Gasteiger partial charge in [-0.15, -0.1) is 0 Å². The lowest BCUT2D eigenvalue weighted by molar-refractivity contribution is -0.115. The minimum Gasteiger partial charge on any atom is -0.506 e. The Morgan fingerprint density at radius 3 is 2.56 bits per heavy atom. The van der Waals surface area contributed by atoms with Crippen LogP contribution >= 0.6 is 55.2 Å². The van der Waals surface area contributed by atoms with Gasteiger partial charge in [0, 0.05) is 5.02 Å². The van der Waals surface area contributed by atoms with E-state index in [2.05, 4.69) is 42.2 Å². The molecule has 1 amide bonds. The predicted octanol–water partition coefficient (Wildman–Crippen LogP) is 5.77. The Bertz CT molecular complexity index is 921. The Morgan fingerprint density at radius 1 is 1.24 bits per heavy atom. The van der Waals surface area contributed by atoms with Gasteiger partial charge in [0.25, 0.3) is 5.91 Å². The number of carbonyl (C=O) groups excluding carboxylic acids is 1. The normalized spacial score (nSPS) is 17.4. The molecule has 0 aliphatic carbocycles. The molecular formula is C17H11Br2ClN2O2S. The van der Waals surface area contributed by atoms with Crippen LogP contribution in [0.15, 0.2) is 49.2 Å². The van der Waals surface area contributed by atoms with E-state index in [9.17, 15) is 9.90 Å². The molecule has 3 rings (SSSR count). The zero-order chi connectivity index (χ0) is 18.1. The lowest BCUT2D eigenvalue weighted by atomic mass is 10.2. The highest BCUT2D eigenvalue weighted by Crippen LogP contribution is 2.35. The van der Waals surface area contributed by atoms with Gasteiger partial charge in [0.15, 0.2) is 5.17 Å². The molecule has 1 heterocycles. The highest BCUT2D eigenvalue weighted by molar-refractivity contribution is 9.11. The van der Waals surface area contributed by atoms with Crippen LogP contribution in [-0.4, -0.2) is 16.2 Å². The second-order valence-corrected chi connectivity index (χ2v) is 8.39. The van der Waals surface area contributed by atoms with Crippen molar-refractivity contribution in [3.05, 3.63) is 60.3 Å². The largest absolute Gasteiger partial charge is 0.506 e. The summed E-state index contributed by atoms with van der Waals surface area (Å²) in [6.45, 7) is 1.92. The van der Waals surface area contributed by atoms with Crippen molar-refractivity contribution in [2.24, 2.45) is 4.99 Å². The summed E-state index contributed by atoms with van der Waals surface area (Å²) in [6.07, 6.45) is 1.74. The van der Waals surface area contributed by atoms with Crippen LogP contribution < -0.4 is 5.32 Å². The van der Waals surface area contributed by atoms with Crippen molar-refractivity contribution in [2.75, 3.05) is 0 Å². The number of thioether (sulfide) groups is 1. The lowest BCUT2D eigenvalue weighted by Crippen LogP contribution is -2.19. The number of hydrogen-bond donors (Lipinski definition) is 2. The lowest BCUT2D eigenvalue weighted by Gasteiger charge is -2.02. The zero-order valence-electron chi connectivity index (χ0n) is 12.8. The first kappa shape index (κ1) is 18.5. The molecule has 2 aromatic rings. The summed E-state index contributed by atoms with van der Waals surface area (Å²) >= 11 is 13.9. The monoisotopic (exact) mass is 500 g/mol. The van der Waals surface area contributed by atoms with Gasteiger partial charge in [-0.2, -0.15) is 0 Å². The number of aliphatic imine (C=N–C) groups is 1. The van der Waals surface area contributed by atoms with E-state index in [1.807, 2.05) is 19.1 Å². The minimum absolute atomic E-state index is 0.115. The number of carbonyl (C=O) groups is 1. The fraction of sp³-hybridized carbons (Fsp3) is 0.0588. The molecule has 0 bridgehead atoms. The average Bonchev–Trinajstić information content (AvgIpc) is 2.88. The molecule has 4 nitrogen and oxygen atoms in total. The Hall–Kier alpha value is -1.28. The Morgan fingerprint density at radius 2 is 1.92 bits per heavy atom. The third-order valence-electron chi connectivity index (χ3n) is 3.37. The molecule has 1 fully saturated rings. The first-order chi connectivity index (χ1) is 11.8. The number of rotatable bonds is 2. The molecule has 0 spiro atoms. The number of phenols is 1. The van der Waals surface area contributed by atoms with E-state index in [0.29, 0.717) is 29.7 Å². The molecule has 128 valence electrons. The number of aryl methyl sites for hydroxylation is 1. The van der Waals surface area contributed by atoms with E-state index in [0.717, 1.165) is 11.1 Å². The number of amides is 1. The van der Waals surface area contributed by atoms with E-state index in [1.165, 1.54) is 11.8 Å². The van der Waals surface area contributed by atoms with Crippen molar-refractivity contribution in [3.8, 4) is 5.75 Å². The Kier molecular flexibility index (Phi) is 5.58. The summed E-state index contributed by atoms with van der Waals surface area (Å²) in [5.74, 6) is -0.105. The standard InChI is InChI=1S/C17H11Br2ClN2O2S/c1-8-2-3-10(7-13(8)20)21-17-22-16(24)14(25-17)6-9-4-11(18)15(23)12(19)5-9/h2-7,23H,1H3,(H,21,22,24)/b14-6-. The Labute approximate surface area is 170 Å². The second-order valence-electron chi connectivity index (χ2n) is 5.25. The van der Waals surface area contributed by atoms with Crippen molar-refractivity contribution >= 4 is 78.1 Å². The van der Waals surface area contributed by atoms with Crippen molar-refractivity contribution in [1.82, 2.24) is 5.32 Å². The van der Waals surface area contributed by atoms with Crippen LogP contribution in [0, 0.1) is 6.92 Å². The maximum Gasteiger partial charge on any atom is 0.264 e. The van der Waals surface area contributed by atoms with Gasteiger partial charge in [0.1, 0.15) is 5.75 Å². The molecule has 2 N–H and O–H groups in total. The quantitative estimate of drug-likeness (QED) is 0.513. The number of hydrogen-bond acceptors (Lipinski definition) is 4. The van der Waals surface area contributed by atoms with Crippen LogP contribution in [0.1, 0.15) is 11.1 Å². The number of amidine groups is 1. The number of benzene rings is 2. The van der Waals surface area contributed by atoms with Crippen molar-refractivity contribution < 1.29 is 9.90 Å². The summed E-state index contributed by atoms with van der Waals surface area (Å²) in [5, 5.41) is 13.6. The van der Waals surface area contributed by atoms with Gasteiger partial charge < -0.3 is 10.4 Å². The van der Waals surface area contributed by atoms with Crippen molar-refractivity contribution in [1.29, 1.82) is 0 Å². The van der Waals surface area contributed by atoms with Crippen molar-refractivity contribution in [2.45, 2.75) is 6.92 Å². The molecule has 8 heteroatoms. The van der Waals surface area contributed by atoms with Crippen molar-refractivity contribution in [3.63, 3.8) is 0 Å². The molecule has 0 unspecified atom stereocenters. The number of phenolic OH excluding ortho intramolecular Hbond substituents is 1. The first-order valence-electron chi connectivity index (χ1n) is 7.07. The zero-order valence-corrected chi connectivity index (χ0v) is 17.6. The molecule has 1 aliphatic heterocycles. The summed E-state index contributed by atoms with van der Waals surface area (Å²) in [6, 6.07) is 8.94. The SMILES string of the molecule is Cc1ccc(N=C2NC(=O)/C(=C/c3cc(Br)c(O)c(Br)c3)S2)cc1Cl. The van der Waals surface area contributed by atoms with Crippen LogP contribution in [-0.2, 0) is 4.79 Å². The fourth-order valence-corrected chi connectivity index (χ4v) is 4.31. The summed E-state index contributed by atoms with van der Waals surface area (Å²) < 4.78 is 1.08. The molecule has 0 atom stereocenters. The molecule has 2 aromatic carbocycles. The molecule has 0 radical (unpaired) electrons.